The van der Waals surface area contributed by atoms with Crippen molar-refractivity contribution in [3.05, 3.63) is 40.5 Å². The quantitative estimate of drug-likeness (QED) is 0.566. The summed E-state index contributed by atoms with van der Waals surface area (Å²) in [4.78, 5) is 11.1. The highest BCUT2D eigenvalue weighted by Crippen LogP contribution is 2.17. The monoisotopic (exact) mass is 222 g/mol. The van der Waals surface area contributed by atoms with Crippen LogP contribution in [0.2, 0.25) is 0 Å². The van der Waals surface area contributed by atoms with Crippen molar-refractivity contribution in [1.29, 1.82) is 0 Å². The van der Waals surface area contributed by atoms with E-state index in [9.17, 15) is 4.79 Å². The second kappa shape index (κ2) is 5.13. The maximum Gasteiger partial charge on any atom is 0.170 e. The van der Waals surface area contributed by atoms with Gasteiger partial charge in [0.1, 0.15) is 0 Å². The van der Waals surface area contributed by atoms with Crippen LogP contribution in [0, 0.1) is 20.8 Å². The molecular weight excluding hydrogens is 208 g/mol. The van der Waals surface area contributed by atoms with Gasteiger partial charge in [-0.05, 0) is 43.5 Å². The normalized spacial score (nSPS) is 10.9. The van der Waals surface area contributed by atoms with Crippen LogP contribution in [0.1, 0.15) is 22.3 Å². The van der Waals surface area contributed by atoms with E-state index in [1.165, 1.54) is 22.8 Å². The van der Waals surface area contributed by atoms with Crippen LogP contribution in [0.5, 0.6) is 0 Å². The van der Waals surface area contributed by atoms with Crippen molar-refractivity contribution in [3.8, 4) is 0 Å². The van der Waals surface area contributed by atoms with E-state index in [2.05, 4.69) is 19.1 Å². The van der Waals surface area contributed by atoms with Gasteiger partial charge in [-0.25, -0.2) is 0 Å². The Hall–Kier alpha value is -1.08. The average molecular weight is 223 g/mol. The van der Waals surface area contributed by atoms with Gasteiger partial charge >= 0.3 is 0 Å². The number of ketones is 1. The van der Waals surface area contributed by atoms with E-state index in [1.54, 1.807) is 0 Å². The molecule has 0 radical (unpaired) electrons. The van der Waals surface area contributed by atoms with Crippen molar-refractivity contribution >= 4 is 23.5 Å². The maximum atomic E-state index is 11.1. The summed E-state index contributed by atoms with van der Waals surface area (Å²) < 4.78 is 0. The minimum Gasteiger partial charge on any atom is -0.294 e. The molecule has 0 heterocycles. The number of aryl methyl sites for hydroxylation is 3. The van der Waals surface area contributed by atoms with E-state index in [-0.39, 0.29) is 11.7 Å². The Morgan fingerprint density at radius 3 is 2.27 bits per heavy atom. The predicted molar refractivity (Wildman–Crippen MR) is 65.4 cm³/mol. The number of carbonyl (C=O) groups is 1. The zero-order valence-electron chi connectivity index (χ0n) is 9.30. The molecule has 0 aromatic heterocycles. The number of allylic oxidation sites excluding steroid dienone is 1. The summed E-state index contributed by atoms with van der Waals surface area (Å²) in [6, 6.07) is 4.22. The lowest BCUT2D eigenvalue weighted by molar-refractivity contribution is -0.112. The van der Waals surface area contributed by atoms with Crippen molar-refractivity contribution < 1.29 is 4.79 Å². The van der Waals surface area contributed by atoms with Crippen LogP contribution >= 0.6 is 11.6 Å². The second-order valence-electron chi connectivity index (χ2n) is 3.75. The van der Waals surface area contributed by atoms with E-state index in [4.69, 9.17) is 11.6 Å². The molecule has 0 spiro atoms. The fourth-order valence-electron chi connectivity index (χ4n) is 1.67. The van der Waals surface area contributed by atoms with Gasteiger partial charge in [0.25, 0.3) is 0 Å². The molecule has 1 aromatic carbocycles. The highest BCUT2D eigenvalue weighted by atomic mass is 35.5. The minimum absolute atomic E-state index is 0.0421. The highest BCUT2D eigenvalue weighted by Gasteiger charge is 2.00. The SMILES string of the molecule is Cc1cc(C)c(C=CC(=O)CCl)c(C)c1. The number of hydrogen-bond acceptors (Lipinski definition) is 1. The van der Waals surface area contributed by atoms with E-state index >= 15 is 0 Å². The summed E-state index contributed by atoms with van der Waals surface area (Å²) in [5.41, 5.74) is 4.72. The Balaban J connectivity index is 3.05. The Labute approximate surface area is 95.8 Å². The molecule has 0 saturated carbocycles. The van der Waals surface area contributed by atoms with E-state index in [1.807, 2.05) is 19.9 Å². The Morgan fingerprint density at radius 2 is 1.80 bits per heavy atom. The molecule has 0 fully saturated rings. The number of halogens is 1. The number of hydrogen-bond donors (Lipinski definition) is 0. The van der Waals surface area contributed by atoms with Crippen molar-refractivity contribution in [1.82, 2.24) is 0 Å². The fraction of sp³-hybridized carbons (Fsp3) is 0.308. The number of alkyl halides is 1. The van der Waals surface area contributed by atoms with Gasteiger partial charge in [-0.15, -0.1) is 11.6 Å². The third-order valence-corrected chi connectivity index (χ3v) is 2.57. The molecule has 0 aliphatic heterocycles. The van der Waals surface area contributed by atoms with Gasteiger partial charge in [0.15, 0.2) is 5.78 Å². The standard InChI is InChI=1S/C13H15ClO/c1-9-6-10(2)13(11(3)7-9)5-4-12(15)8-14/h4-7H,8H2,1-3H3. The first-order chi connectivity index (χ1) is 7.04. The molecule has 0 aliphatic carbocycles. The largest absolute Gasteiger partial charge is 0.294 e. The molecule has 1 nitrogen and oxygen atoms in total. The molecule has 0 atom stereocenters. The predicted octanol–water partition coefficient (Wildman–Crippen LogP) is 3.43. The van der Waals surface area contributed by atoms with Crippen molar-refractivity contribution in [2.45, 2.75) is 20.8 Å². The Morgan fingerprint density at radius 1 is 1.27 bits per heavy atom. The van der Waals surface area contributed by atoms with Gasteiger partial charge in [-0.2, -0.15) is 0 Å². The van der Waals surface area contributed by atoms with Gasteiger partial charge in [0, 0.05) is 0 Å². The molecule has 15 heavy (non-hydrogen) atoms. The minimum atomic E-state index is -0.0592. The van der Waals surface area contributed by atoms with Gasteiger partial charge < -0.3 is 0 Å². The van der Waals surface area contributed by atoms with Crippen LogP contribution in [0.4, 0.5) is 0 Å². The summed E-state index contributed by atoms with van der Waals surface area (Å²) in [5, 5.41) is 0. The summed E-state index contributed by atoms with van der Waals surface area (Å²) in [6.07, 6.45) is 3.38. The topological polar surface area (TPSA) is 17.1 Å². The third-order valence-electron chi connectivity index (χ3n) is 2.31. The first-order valence-electron chi connectivity index (χ1n) is 4.89. The smallest absolute Gasteiger partial charge is 0.170 e. The van der Waals surface area contributed by atoms with Gasteiger partial charge in [0.2, 0.25) is 0 Å². The molecule has 1 aromatic rings. The molecule has 0 amide bonds. The second-order valence-corrected chi connectivity index (χ2v) is 4.01. The fourth-order valence-corrected chi connectivity index (χ4v) is 1.76. The molecular formula is C13H15ClO. The zero-order chi connectivity index (χ0) is 11.4. The third kappa shape index (κ3) is 3.21. The number of rotatable bonds is 3. The molecule has 0 bridgehead atoms. The summed E-state index contributed by atoms with van der Waals surface area (Å²) in [6.45, 7) is 6.16. The average Bonchev–Trinajstić information content (AvgIpc) is 2.15. The first-order valence-corrected chi connectivity index (χ1v) is 5.42. The van der Waals surface area contributed by atoms with Crippen LogP contribution < -0.4 is 0 Å². The van der Waals surface area contributed by atoms with Crippen LogP contribution in [0.25, 0.3) is 6.08 Å². The van der Waals surface area contributed by atoms with Crippen molar-refractivity contribution in [2.75, 3.05) is 5.88 Å². The van der Waals surface area contributed by atoms with Crippen LogP contribution in [0.3, 0.4) is 0 Å². The molecule has 80 valence electrons. The molecule has 0 aliphatic rings. The lowest BCUT2D eigenvalue weighted by Gasteiger charge is -2.06. The maximum absolute atomic E-state index is 11.1. The zero-order valence-corrected chi connectivity index (χ0v) is 10.1. The van der Waals surface area contributed by atoms with Crippen molar-refractivity contribution in [3.63, 3.8) is 0 Å². The molecule has 1 rings (SSSR count). The Kier molecular flexibility index (Phi) is 4.10. The summed E-state index contributed by atoms with van der Waals surface area (Å²) in [7, 11) is 0. The van der Waals surface area contributed by atoms with E-state index < -0.39 is 0 Å². The lowest BCUT2D eigenvalue weighted by Crippen LogP contribution is -1.94. The molecule has 2 heteroatoms. The molecule has 0 unspecified atom stereocenters. The Bertz CT molecular complexity index is 382. The number of carbonyl (C=O) groups excluding carboxylic acids is 1. The molecule has 0 N–H and O–H groups in total. The summed E-state index contributed by atoms with van der Waals surface area (Å²) in [5.74, 6) is -0.0171. The molecule has 0 saturated heterocycles. The van der Waals surface area contributed by atoms with Gasteiger partial charge in [-0.1, -0.05) is 23.8 Å². The summed E-state index contributed by atoms with van der Waals surface area (Å²) >= 11 is 5.42. The van der Waals surface area contributed by atoms with Gasteiger partial charge in [0.05, 0.1) is 5.88 Å². The van der Waals surface area contributed by atoms with Crippen LogP contribution in [0.15, 0.2) is 18.2 Å². The van der Waals surface area contributed by atoms with E-state index in [0.717, 1.165) is 5.56 Å². The highest BCUT2D eigenvalue weighted by molar-refractivity contribution is 6.29. The van der Waals surface area contributed by atoms with Crippen LogP contribution in [-0.4, -0.2) is 11.7 Å². The van der Waals surface area contributed by atoms with Crippen molar-refractivity contribution in [2.24, 2.45) is 0 Å². The number of benzene rings is 1. The first kappa shape index (κ1) is 12.0. The van der Waals surface area contributed by atoms with E-state index in [0.29, 0.717) is 0 Å². The van der Waals surface area contributed by atoms with Gasteiger partial charge in [-0.3, -0.25) is 4.79 Å². The van der Waals surface area contributed by atoms with Crippen LogP contribution in [-0.2, 0) is 4.79 Å². The lowest BCUT2D eigenvalue weighted by atomic mass is 9.99.